The first kappa shape index (κ1) is 13.8. The highest BCUT2D eigenvalue weighted by Crippen LogP contribution is 2.24. The molecule has 1 aromatic heterocycles. The number of para-hydroxylation sites is 1. The molecule has 0 fully saturated rings. The van der Waals surface area contributed by atoms with E-state index in [0.717, 1.165) is 18.4 Å². The van der Waals surface area contributed by atoms with Gasteiger partial charge in [-0.1, -0.05) is 44.7 Å². The van der Waals surface area contributed by atoms with Crippen LogP contribution in [0.4, 0.5) is 0 Å². The molecule has 98 valence electrons. The molecule has 0 bridgehead atoms. The van der Waals surface area contributed by atoms with Crippen LogP contribution in [0.1, 0.15) is 44.0 Å². The molecule has 2 aromatic rings. The molecule has 3 heteroatoms. The number of rotatable bonds is 7. The predicted octanol–water partition coefficient (Wildman–Crippen LogP) is 5.42. The highest BCUT2D eigenvalue weighted by molar-refractivity contribution is 7.18. The van der Waals surface area contributed by atoms with Crippen molar-refractivity contribution < 1.29 is 0 Å². The van der Waals surface area contributed by atoms with Gasteiger partial charge in [0.1, 0.15) is 0 Å². The minimum Gasteiger partial charge on any atom is -0.241 e. The fourth-order valence-electron chi connectivity index (χ4n) is 2.09. The Balaban J connectivity index is 1.84. The van der Waals surface area contributed by atoms with Crippen LogP contribution < -0.4 is 0 Å². The van der Waals surface area contributed by atoms with Crippen molar-refractivity contribution in [3.63, 3.8) is 0 Å². The van der Waals surface area contributed by atoms with E-state index in [0.29, 0.717) is 0 Å². The van der Waals surface area contributed by atoms with Gasteiger partial charge >= 0.3 is 0 Å². The molecule has 1 atom stereocenters. The van der Waals surface area contributed by atoms with Crippen LogP contribution in [0.2, 0.25) is 0 Å². The summed E-state index contributed by atoms with van der Waals surface area (Å²) in [4.78, 5) is 4.63. The van der Waals surface area contributed by atoms with Gasteiger partial charge in [-0.25, -0.2) is 4.98 Å². The smallest absolute Gasteiger partial charge is 0.0953 e. The topological polar surface area (TPSA) is 12.9 Å². The molecule has 0 amide bonds. The molecule has 1 aromatic carbocycles. The molecule has 18 heavy (non-hydrogen) atoms. The second kappa shape index (κ2) is 7.10. The molecule has 0 N–H and O–H groups in total. The van der Waals surface area contributed by atoms with Gasteiger partial charge in [-0.2, -0.15) is 0 Å². The molecular formula is C15H20ClNS. The average molecular weight is 282 g/mol. The second-order valence-corrected chi connectivity index (χ2v) is 6.46. The SMILES string of the molecule is CCCCCCC(Cl)Cc1nc2ccccc2s1. The molecule has 0 aliphatic rings. The van der Waals surface area contributed by atoms with Crippen LogP contribution in [-0.4, -0.2) is 10.4 Å². The Morgan fingerprint density at radius 1 is 1.22 bits per heavy atom. The van der Waals surface area contributed by atoms with Crippen LogP contribution in [0.15, 0.2) is 24.3 Å². The molecule has 0 saturated heterocycles. The number of unbranched alkanes of at least 4 members (excludes halogenated alkanes) is 3. The normalized spacial score (nSPS) is 13.0. The van der Waals surface area contributed by atoms with Gasteiger partial charge in [-0.15, -0.1) is 22.9 Å². The van der Waals surface area contributed by atoms with E-state index >= 15 is 0 Å². The zero-order chi connectivity index (χ0) is 12.8. The van der Waals surface area contributed by atoms with Gasteiger partial charge in [-0.3, -0.25) is 0 Å². The van der Waals surface area contributed by atoms with Crippen LogP contribution >= 0.6 is 22.9 Å². The number of hydrogen-bond donors (Lipinski definition) is 0. The van der Waals surface area contributed by atoms with Gasteiger partial charge in [0, 0.05) is 11.8 Å². The van der Waals surface area contributed by atoms with Gasteiger partial charge in [0.25, 0.3) is 0 Å². The molecule has 2 rings (SSSR count). The predicted molar refractivity (Wildman–Crippen MR) is 81.7 cm³/mol. The van der Waals surface area contributed by atoms with E-state index in [2.05, 4.69) is 30.1 Å². The summed E-state index contributed by atoms with van der Waals surface area (Å²) in [6.07, 6.45) is 7.17. The number of aromatic nitrogens is 1. The Labute approximate surface area is 118 Å². The van der Waals surface area contributed by atoms with E-state index in [-0.39, 0.29) is 5.38 Å². The van der Waals surface area contributed by atoms with E-state index in [1.54, 1.807) is 11.3 Å². The second-order valence-electron chi connectivity index (χ2n) is 4.73. The van der Waals surface area contributed by atoms with Gasteiger partial charge in [-0.05, 0) is 18.6 Å². The molecule has 0 aliphatic heterocycles. The summed E-state index contributed by atoms with van der Waals surface area (Å²) < 4.78 is 1.27. The van der Waals surface area contributed by atoms with Crippen molar-refractivity contribution in [3.8, 4) is 0 Å². The number of benzene rings is 1. The summed E-state index contributed by atoms with van der Waals surface area (Å²) in [6.45, 7) is 2.24. The van der Waals surface area contributed by atoms with Crippen molar-refractivity contribution in [2.75, 3.05) is 0 Å². The van der Waals surface area contributed by atoms with Crippen molar-refractivity contribution >= 4 is 33.2 Å². The van der Waals surface area contributed by atoms with Gasteiger partial charge < -0.3 is 0 Å². The Kier molecular flexibility index (Phi) is 5.45. The Morgan fingerprint density at radius 2 is 2.06 bits per heavy atom. The summed E-state index contributed by atoms with van der Waals surface area (Å²) >= 11 is 8.16. The lowest BCUT2D eigenvalue weighted by molar-refractivity contribution is 0.611. The fourth-order valence-corrected chi connectivity index (χ4v) is 3.53. The van der Waals surface area contributed by atoms with Crippen molar-refractivity contribution in [2.24, 2.45) is 0 Å². The monoisotopic (exact) mass is 281 g/mol. The molecule has 1 nitrogen and oxygen atoms in total. The van der Waals surface area contributed by atoms with E-state index in [1.807, 2.05) is 6.07 Å². The number of alkyl halides is 1. The summed E-state index contributed by atoms with van der Waals surface area (Å²) in [5, 5.41) is 1.41. The van der Waals surface area contributed by atoms with E-state index in [9.17, 15) is 0 Å². The van der Waals surface area contributed by atoms with Gasteiger partial charge in [0.05, 0.1) is 15.2 Å². The average Bonchev–Trinajstić information content (AvgIpc) is 2.76. The molecule has 0 spiro atoms. The highest BCUT2D eigenvalue weighted by Gasteiger charge is 2.09. The standard InChI is InChI=1S/C15H20ClNS/c1-2-3-4-5-8-12(16)11-15-17-13-9-6-7-10-14(13)18-15/h6-7,9-10,12H,2-5,8,11H2,1H3. The minimum absolute atomic E-state index is 0.238. The minimum atomic E-state index is 0.238. The van der Waals surface area contributed by atoms with Crippen LogP contribution in [-0.2, 0) is 6.42 Å². The fraction of sp³-hybridized carbons (Fsp3) is 0.533. The summed E-state index contributed by atoms with van der Waals surface area (Å²) in [7, 11) is 0. The maximum Gasteiger partial charge on any atom is 0.0953 e. The van der Waals surface area contributed by atoms with E-state index in [1.165, 1.54) is 35.4 Å². The Morgan fingerprint density at radius 3 is 2.83 bits per heavy atom. The quantitative estimate of drug-likeness (QED) is 0.488. The number of halogens is 1. The van der Waals surface area contributed by atoms with E-state index in [4.69, 9.17) is 11.6 Å². The van der Waals surface area contributed by atoms with Gasteiger partial charge in [0.15, 0.2) is 0 Å². The third-order valence-corrected chi connectivity index (χ3v) is 4.54. The maximum absolute atomic E-state index is 6.39. The Hall–Kier alpha value is -0.600. The Bertz CT molecular complexity index is 447. The first-order valence-corrected chi connectivity index (χ1v) is 8.03. The number of thiazole rings is 1. The maximum atomic E-state index is 6.39. The summed E-state index contributed by atoms with van der Waals surface area (Å²) in [5.74, 6) is 0. The molecule has 0 saturated carbocycles. The van der Waals surface area contributed by atoms with Crippen molar-refractivity contribution in [2.45, 2.75) is 50.8 Å². The zero-order valence-corrected chi connectivity index (χ0v) is 12.4. The highest BCUT2D eigenvalue weighted by atomic mass is 35.5. The first-order valence-electron chi connectivity index (χ1n) is 6.78. The van der Waals surface area contributed by atoms with E-state index < -0.39 is 0 Å². The number of fused-ring (bicyclic) bond motifs is 1. The first-order chi connectivity index (χ1) is 8.79. The summed E-state index contributed by atoms with van der Waals surface area (Å²) in [5.41, 5.74) is 1.10. The molecule has 0 aliphatic carbocycles. The van der Waals surface area contributed by atoms with Crippen LogP contribution in [0.3, 0.4) is 0 Å². The number of hydrogen-bond acceptors (Lipinski definition) is 2. The molecule has 0 radical (unpaired) electrons. The lowest BCUT2D eigenvalue weighted by atomic mass is 10.1. The lowest BCUT2D eigenvalue weighted by Gasteiger charge is -2.06. The molecule has 1 heterocycles. The third-order valence-electron chi connectivity index (χ3n) is 3.11. The largest absolute Gasteiger partial charge is 0.241 e. The van der Waals surface area contributed by atoms with Crippen molar-refractivity contribution in [1.82, 2.24) is 4.98 Å². The molecule has 1 unspecified atom stereocenters. The van der Waals surface area contributed by atoms with Crippen LogP contribution in [0.5, 0.6) is 0 Å². The van der Waals surface area contributed by atoms with Crippen molar-refractivity contribution in [1.29, 1.82) is 0 Å². The zero-order valence-electron chi connectivity index (χ0n) is 10.9. The van der Waals surface area contributed by atoms with Crippen LogP contribution in [0, 0.1) is 0 Å². The van der Waals surface area contributed by atoms with Crippen LogP contribution in [0.25, 0.3) is 10.2 Å². The van der Waals surface area contributed by atoms with Gasteiger partial charge in [0.2, 0.25) is 0 Å². The van der Waals surface area contributed by atoms with Crippen molar-refractivity contribution in [3.05, 3.63) is 29.3 Å². The third kappa shape index (κ3) is 3.96. The number of nitrogens with zero attached hydrogens (tertiary/aromatic N) is 1. The summed E-state index contributed by atoms with van der Waals surface area (Å²) in [6, 6.07) is 8.29. The lowest BCUT2D eigenvalue weighted by Crippen LogP contribution is -2.02. The molecular weight excluding hydrogens is 262 g/mol.